The Labute approximate surface area is 227 Å². The summed E-state index contributed by atoms with van der Waals surface area (Å²) in [5.74, 6) is -0.330. The molecule has 0 unspecified atom stereocenters. The van der Waals surface area contributed by atoms with E-state index in [0.717, 1.165) is 34.6 Å². The zero-order valence-corrected chi connectivity index (χ0v) is 21.1. The maximum Gasteiger partial charge on any atom is 0.430 e. The monoisotopic (exact) mass is 579 g/mol. The molecular weight excluding hydrogens is 556 g/mol. The fraction of sp³-hybridized carbons (Fsp3) is 0.333. The minimum Gasteiger partial charge on any atom is -0.370 e. The number of H-pyrrole nitrogens is 1. The first kappa shape index (κ1) is 28.3. The molecule has 1 saturated carbocycles. The molecule has 0 spiro atoms. The van der Waals surface area contributed by atoms with Gasteiger partial charge in [-0.25, -0.2) is 9.61 Å². The number of hydrogen-bond acceptors (Lipinski definition) is 5. The number of aromatic nitrogens is 4. The third kappa shape index (κ3) is 5.31. The maximum absolute atomic E-state index is 13.0. The number of benzene rings is 1. The number of aromatic amines is 1. The summed E-state index contributed by atoms with van der Waals surface area (Å²) in [5.41, 5.74) is -4.12. The van der Waals surface area contributed by atoms with Crippen LogP contribution in [-0.4, -0.2) is 54.8 Å². The standard InChI is InChI=1S/C27H23F6N5O3/c28-26(29,30)25(41,27(31,32)33)12-11-15-5-10-21-20(13-34-38(21)14-15)23(39)35-17-8-6-16(7-9-17)22-18-3-1-2-4-19(18)24(40)37-36-22/h1-5,10-14,16-17,41H,6-9H2,(H,35,39)(H,37,40)/b12-11+/t16-,17-. The van der Waals surface area contributed by atoms with Gasteiger partial charge >= 0.3 is 12.4 Å². The van der Waals surface area contributed by atoms with Crippen LogP contribution < -0.4 is 10.9 Å². The summed E-state index contributed by atoms with van der Waals surface area (Å²) in [7, 11) is 0. The van der Waals surface area contributed by atoms with Crippen LogP contribution >= 0.6 is 0 Å². The van der Waals surface area contributed by atoms with Crippen molar-refractivity contribution in [1.82, 2.24) is 25.1 Å². The lowest BCUT2D eigenvalue weighted by Crippen LogP contribution is -2.55. The van der Waals surface area contributed by atoms with Gasteiger partial charge < -0.3 is 10.4 Å². The van der Waals surface area contributed by atoms with E-state index in [0.29, 0.717) is 29.8 Å². The van der Waals surface area contributed by atoms with Crippen molar-refractivity contribution in [1.29, 1.82) is 0 Å². The smallest absolute Gasteiger partial charge is 0.370 e. The Hall–Kier alpha value is -4.20. The van der Waals surface area contributed by atoms with Crippen molar-refractivity contribution in [2.24, 2.45) is 0 Å². The number of amides is 1. The third-order valence-electron chi connectivity index (χ3n) is 7.34. The van der Waals surface area contributed by atoms with E-state index in [2.05, 4.69) is 20.6 Å². The summed E-state index contributed by atoms with van der Waals surface area (Å²) < 4.78 is 78.7. The van der Waals surface area contributed by atoms with Crippen LogP contribution in [0.25, 0.3) is 22.4 Å². The first-order chi connectivity index (χ1) is 19.3. The molecule has 3 N–H and O–H groups in total. The lowest BCUT2D eigenvalue weighted by molar-refractivity contribution is -0.347. The van der Waals surface area contributed by atoms with Gasteiger partial charge in [0.1, 0.15) is 0 Å². The maximum atomic E-state index is 13.0. The molecule has 1 aliphatic rings. The highest BCUT2D eigenvalue weighted by atomic mass is 19.4. The minimum atomic E-state index is -5.98. The van der Waals surface area contributed by atoms with Gasteiger partial charge in [-0.3, -0.25) is 9.59 Å². The van der Waals surface area contributed by atoms with Crippen LogP contribution in [0.15, 0.2) is 59.7 Å². The van der Waals surface area contributed by atoms with Crippen molar-refractivity contribution in [3.8, 4) is 0 Å². The number of hydrogen-bond donors (Lipinski definition) is 3. The molecule has 0 aliphatic heterocycles. The molecule has 5 rings (SSSR count). The summed E-state index contributed by atoms with van der Waals surface area (Å²) in [6.45, 7) is 0. The molecule has 0 saturated heterocycles. The SMILES string of the molecule is O=C(N[C@H]1CC[C@H](c2n[nH]c(=O)c3ccccc32)CC1)c1cnn2cc(/C=C/C(O)(C(F)(F)F)C(F)(F)F)ccc12. The van der Waals surface area contributed by atoms with Crippen LogP contribution in [0.3, 0.4) is 0 Å². The predicted octanol–water partition coefficient (Wildman–Crippen LogP) is 4.90. The molecule has 1 aromatic carbocycles. The zero-order chi connectivity index (χ0) is 29.6. The molecule has 14 heteroatoms. The molecule has 0 atom stereocenters. The Morgan fingerprint density at radius 3 is 2.32 bits per heavy atom. The summed E-state index contributed by atoms with van der Waals surface area (Å²) >= 11 is 0. The molecule has 1 fully saturated rings. The van der Waals surface area contributed by atoms with Crippen molar-refractivity contribution in [3.63, 3.8) is 0 Å². The van der Waals surface area contributed by atoms with Crippen LogP contribution in [-0.2, 0) is 0 Å². The van der Waals surface area contributed by atoms with Gasteiger partial charge in [0.05, 0.1) is 28.4 Å². The van der Waals surface area contributed by atoms with E-state index >= 15 is 0 Å². The van der Waals surface area contributed by atoms with Gasteiger partial charge in [0.25, 0.3) is 17.1 Å². The van der Waals surface area contributed by atoms with Crippen molar-refractivity contribution in [3.05, 3.63) is 82.0 Å². The molecule has 41 heavy (non-hydrogen) atoms. The molecule has 1 aliphatic carbocycles. The zero-order valence-electron chi connectivity index (χ0n) is 21.1. The molecule has 0 bridgehead atoms. The summed E-state index contributed by atoms with van der Waals surface area (Å²) in [5, 5.41) is 24.5. The Kier molecular flexibility index (Phi) is 7.14. The van der Waals surface area contributed by atoms with E-state index in [1.54, 1.807) is 12.1 Å². The fourth-order valence-corrected chi connectivity index (χ4v) is 5.06. The largest absolute Gasteiger partial charge is 0.430 e. The first-order valence-corrected chi connectivity index (χ1v) is 12.6. The molecule has 3 aromatic heterocycles. The topological polar surface area (TPSA) is 112 Å². The molecule has 8 nitrogen and oxygen atoms in total. The van der Waals surface area contributed by atoms with Crippen LogP contribution in [0.2, 0.25) is 0 Å². The van der Waals surface area contributed by atoms with E-state index in [4.69, 9.17) is 0 Å². The first-order valence-electron chi connectivity index (χ1n) is 12.6. The average molecular weight is 580 g/mol. The van der Waals surface area contributed by atoms with Gasteiger partial charge in [0.15, 0.2) is 0 Å². The highest BCUT2D eigenvalue weighted by Crippen LogP contribution is 2.44. The quantitative estimate of drug-likeness (QED) is 0.292. The highest BCUT2D eigenvalue weighted by Gasteiger charge is 2.68. The second-order valence-corrected chi connectivity index (χ2v) is 9.95. The van der Waals surface area contributed by atoms with Crippen molar-refractivity contribution in [2.75, 3.05) is 0 Å². The summed E-state index contributed by atoms with van der Waals surface area (Å²) in [6.07, 6.45) is -6.69. The van der Waals surface area contributed by atoms with Gasteiger partial charge in [-0.15, -0.1) is 0 Å². The van der Waals surface area contributed by atoms with Gasteiger partial charge in [0, 0.05) is 23.5 Å². The number of carbonyl (C=O) groups excluding carboxylic acids is 1. The normalized spacial score (nSPS) is 18.8. The third-order valence-corrected chi connectivity index (χ3v) is 7.34. The molecule has 216 valence electrons. The van der Waals surface area contributed by atoms with Gasteiger partial charge in [-0.05, 0) is 49.5 Å². The molecule has 0 radical (unpaired) electrons. The Balaban J connectivity index is 1.26. The lowest BCUT2D eigenvalue weighted by Gasteiger charge is -2.29. The summed E-state index contributed by atoms with van der Waals surface area (Å²) in [6, 6.07) is 9.64. The number of nitrogens with zero attached hydrogens (tertiary/aromatic N) is 3. The van der Waals surface area contributed by atoms with Crippen molar-refractivity contribution < 1.29 is 36.2 Å². The summed E-state index contributed by atoms with van der Waals surface area (Å²) in [4.78, 5) is 25.1. The highest BCUT2D eigenvalue weighted by molar-refractivity contribution is 6.00. The molecule has 3 heterocycles. The molecular formula is C27H23F6N5O3. The van der Waals surface area contributed by atoms with Gasteiger partial charge in [-0.1, -0.05) is 30.3 Å². The van der Waals surface area contributed by atoms with Crippen molar-refractivity contribution in [2.45, 2.75) is 55.6 Å². The van der Waals surface area contributed by atoms with Gasteiger partial charge in [-0.2, -0.15) is 36.5 Å². The number of halogens is 6. The van der Waals surface area contributed by atoms with Crippen LogP contribution in [0.5, 0.6) is 0 Å². The van der Waals surface area contributed by atoms with Crippen LogP contribution in [0, 0.1) is 0 Å². The average Bonchev–Trinajstić information content (AvgIpc) is 3.35. The van der Waals surface area contributed by atoms with E-state index in [1.807, 2.05) is 12.1 Å². The Bertz CT molecular complexity index is 1670. The number of carbonyl (C=O) groups is 1. The van der Waals surface area contributed by atoms with Crippen molar-refractivity contribution >= 4 is 28.3 Å². The molecule has 1 amide bonds. The number of rotatable bonds is 5. The van der Waals surface area contributed by atoms with E-state index in [1.165, 1.54) is 18.3 Å². The second kappa shape index (κ2) is 10.3. The number of fused-ring (bicyclic) bond motifs is 2. The number of aliphatic hydroxyl groups is 1. The van der Waals surface area contributed by atoms with Crippen LogP contribution in [0.4, 0.5) is 26.3 Å². The van der Waals surface area contributed by atoms with E-state index in [-0.39, 0.29) is 34.7 Å². The van der Waals surface area contributed by atoms with E-state index in [9.17, 15) is 41.0 Å². The lowest BCUT2D eigenvalue weighted by atomic mass is 9.82. The van der Waals surface area contributed by atoms with Gasteiger partial charge in [0.2, 0.25) is 0 Å². The fourth-order valence-electron chi connectivity index (χ4n) is 5.06. The minimum absolute atomic E-state index is 0.0979. The Morgan fingerprint density at radius 2 is 1.66 bits per heavy atom. The van der Waals surface area contributed by atoms with Crippen LogP contribution in [0.1, 0.15) is 53.2 Å². The second-order valence-electron chi connectivity index (χ2n) is 9.95. The van der Waals surface area contributed by atoms with E-state index < -0.39 is 23.9 Å². The molecule has 4 aromatic rings. The number of pyridine rings is 1. The predicted molar refractivity (Wildman–Crippen MR) is 136 cm³/mol. The number of nitrogens with one attached hydrogen (secondary N) is 2. The Morgan fingerprint density at radius 1 is 1.00 bits per heavy atom. The number of alkyl halides is 6.